The van der Waals surface area contributed by atoms with Crippen molar-refractivity contribution in [1.29, 1.82) is 5.26 Å². The van der Waals surface area contributed by atoms with E-state index in [9.17, 15) is 4.79 Å². The Hall–Kier alpha value is -3.15. The van der Waals surface area contributed by atoms with E-state index in [4.69, 9.17) is 19.5 Å². The van der Waals surface area contributed by atoms with E-state index in [2.05, 4.69) is 10.6 Å². The molecule has 8 heteroatoms. The predicted octanol–water partition coefficient (Wildman–Crippen LogP) is 3.23. The van der Waals surface area contributed by atoms with Gasteiger partial charge < -0.3 is 24.8 Å². The second kappa shape index (κ2) is 11.5. The monoisotopic (exact) mass is 441 g/mol. The zero-order chi connectivity index (χ0) is 22.9. The van der Waals surface area contributed by atoms with Crippen LogP contribution in [-0.2, 0) is 16.1 Å². The van der Waals surface area contributed by atoms with Gasteiger partial charge in [0.15, 0.2) is 17.7 Å². The van der Waals surface area contributed by atoms with E-state index in [-0.39, 0.29) is 24.0 Å². The third-order valence-electron chi connectivity index (χ3n) is 5.24. The van der Waals surface area contributed by atoms with Crippen LogP contribution in [0.3, 0.4) is 0 Å². The first-order valence-electron chi connectivity index (χ1n) is 10.7. The molecule has 0 saturated carbocycles. The molecule has 1 fully saturated rings. The number of hydrogen-bond donors (Lipinski definition) is 2. The van der Waals surface area contributed by atoms with Crippen molar-refractivity contribution < 1.29 is 23.4 Å². The van der Waals surface area contributed by atoms with Crippen LogP contribution < -0.4 is 20.1 Å². The van der Waals surface area contributed by atoms with Gasteiger partial charge in [0, 0.05) is 25.3 Å². The van der Waals surface area contributed by atoms with E-state index in [1.54, 1.807) is 24.3 Å². The Bertz CT molecular complexity index is 953. The summed E-state index contributed by atoms with van der Waals surface area (Å²) in [5.41, 5.74) is 1.40. The van der Waals surface area contributed by atoms with Gasteiger partial charge in [-0.2, -0.15) is 5.26 Å². The highest BCUT2D eigenvalue weighted by Gasteiger charge is 2.28. The fourth-order valence-corrected chi connectivity index (χ4v) is 3.57. The van der Waals surface area contributed by atoms with Crippen LogP contribution in [0.25, 0.3) is 0 Å². The lowest BCUT2D eigenvalue weighted by molar-refractivity contribution is -0.131. The minimum Gasteiger partial charge on any atom is -0.494 e. The van der Waals surface area contributed by atoms with Crippen molar-refractivity contribution in [2.24, 2.45) is 0 Å². The van der Waals surface area contributed by atoms with Crippen LogP contribution in [0.1, 0.15) is 42.6 Å². The number of carbonyl (C=O) groups excluding carboxylic acids is 1. The van der Waals surface area contributed by atoms with Gasteiger partial charge in [0.2, 0.25) is 0 Å². The molecule has 1 unspecified atom stereocenters. The number of piperidine rings is 1. The minimum atomic E-state index is -1.18. The highest BCUT2D eigenvalue weighted by atomic mass is 19.1. The molecule has 0 bridgehead atoms. The molecule has 1 saturated heterocycles. The quantitative estimate of drug-likeness (QED) is 0.621. The molecule has 3 rings (SSSR count). The van der Waals surface area contributed by atoms with Gasteiger partial charge in [0.05, 0.1) is 18.2 Å². The molecule has 0 spiro atoms. The fraction of sp³-hybridized carbons (Fsp3) is 0.417. The maximum atomic E-state index is 15.4. The van der Waals surface area contributed by atoms with Crippen LogP contribution in [0, 0.1) is 17.1 Å². The Morgan fingerprint density at radius 1 is 1.28 bits per heavy atom. The summed E-state index contributed by atoms with van der Waals surface area (Å²) >= 11 is 0. The molecule has 2 aromatic carbocycles. The standard InChI is InChI=1S/C24H28FN3O4/c1-3-31-19-12-20(22(25)21(13-19)32-18-8-10-27-11-9-18)23(30-2)24(29)28-15-17-6-4-16(14-26)5-7-17/h4-7,12-13,18,23,27H,3,8-11,15H2,1-2H3,(H,28,29). The van der Waals surface area contributed by atoms with Gasteiger partial charge in [-0.15, -0.1) is 0 Å². The van der Waals surface area contributed by atoms with Gasteiger partial charge >= 0.3 is 0 Å². The number of nitrogens with one attached hydrogen (secondary N) is 2. The first-order valence-corrected chi connectivity index (χ1v) is 10.7. The number of nitriles is 1. The largest absolute Gasteiger partial charge is 0.494 e. The molecule has 2 N–H and O–H groups in total. The molecule has 1 heterocycles. The third kappa shape index (κ3) is 5.96. The highest BCUT2D eigenvalue weighted by Crippen LogP contribution is 2.34. The Morgan fingerprint density at radius 3 is 2.62 bits per heavy atom. The molecule has 32 heavy (non-hydrogen) atoms. The lowest BCUT2D eigenvalue weighted by Gasteiger charge is -2.25. The summed E-state index contributed by atoms with van der Waals surface area (Å²) in [4.78, 5) is 12.8. The number of ether oxygens (including phenoxy) is 3. The predicted molar refractivity (Wildman–Crippen MR) is 117 cm³/mol. The molecular formula is C24H28FN3O4. The van der Waals surface area contributed by atoms with Crippen molar-refractivity contribution in [3.63, 3.8) is 0 Å². The van der Waals surface area contributed by atoms with E-state index in [1.807, 2.05) is 13.0 Å². The summed E-state index contributed by atoms with van der Waals surface area (Å²) < 4.78 is 32.3. The van der Waals surface area contributed by atoms with Gasteiger partial charge in [0.1, 0.15) is 11.9 Å². The average Bonchev–Trinajstić information content (AvgIpc) is 2.82. The van der Waals surface area contributed by atoms with Crippen molar-refractivity contribution in [3.05, 3.63) is 58.9 Å². The van der Waals surface area contributed by atoms with Crippen molar-refractivity contribution >= 4 is 5.91 Å². The Kier molecular flexibility index (Phi) is 8.42. The number of amides is 1. The van der Waals surface area contributed by atoms with Gasteiger partial charge in [-0.25, -0.2) is 4.39 Å². The summed E-state index contributed by atoms with van der Waals surface area (Å²) in [5.74, 6) is -0.654. The SMILES string of the molecule is CCOc1cc(OC2CCNCC2)c(F)c(C(OC)C(=O)NCc2ccc(C#N)cc2)c1. The second-order valence-corrected chi connectivity index (χ2v) is 7.47. The summed E-state index contributed by atoms with van der Waals surface area (Å²) in [7, 11) is 1.35. The van der Waals surface area contributed by atoms with Crippen molar-refractivity contribution in [2.45, 2.75) is 38.5 Å². The van der Waals surface area contributed by atoms with Crippen LogP contribution in [0.4, 0.5) is 4.39 Å². The summed E-state index contributed by atoms with van der Waals surface area (Å²) in [5, 5.41) is 14.9. The Balaban J connectivity index is 1.79. The van der Waals surface area contributed by atoms with Gasteiger partial charge in [-0.3, -0.25) is 4.79 Å². The highest BCUT2D eigenvalue weighted by molar-refractivity contribution is 5.82. The number of rotatable bonds is 9. The molecule has 0 aromatic heterocycles. The van der Waals surface area contributed by atoms with E-state index in [0.29, 0.717) is 17.9 Å². The lowest BCUT2D eigenvalue weighted by Crippen LogP contribution is -2.34. The van der Waals surface area contributed by atoms with E-state index < -0.39 is 17.8 Å². The number of benzene rings is 2. The number of carbonyl (C=O) groups is 1. The molecule has 1 amide bonds. The van der Waals surface area contributed by atoms with Gasteiger partial charge in [-0.1, -0.05) is 12.1 Å². The molecule has 0 radical (unpaired) electrons. The number of halogens is 1. The summed E-state index contributed by atoms with van der Waals surface area (Å²) in [6, 6.07) is 11.9. The van der Waals surface area contributed by atoms with Crippen LogP contribution in [0.5, 0.6) is 11.5 Å². The van der Waals surface area contributed by atoms with Crippen molar-refractivity contribution in [1.82, 2.24) is 10.6 Å². The Morgan fingerprint density at radius 2 is 2.00 bits per heavy atom. The molecule has 1 atom stereocenters. The maximum absolute atomic E-state index is 15.4. The fourth-order valence-electron chi connectivity index (χ4n) is 3.57. The van der Waals surface area contributed by atoms with Crippen LogP contribution >= 0.6 is 0 Å². The van der Waals surface area contributed by atoms with Crippen LogP contribution in [-0.4, -0.2) is 38.8 Å². The first-order chi connectivity index (χ1) is 15.5. The van der Waals surface area contributed by atoms with E-state index >= 15 is 4.39 Å². The zero-order valence-corrected chi connectivity index (χ0v) is 18.3. The number of methoxy groups -OCH3 is 1. The summed E-state index contributed by atoms with van der Waals surface area (Å²) in [6.45, 7) is 4.05. The van der Waals surface area contributed by atoms with Crippen LogP contribution in [0.2, 0.25) is 0 Å². The van der Waals surface area contributed by atoms with Gasteiger partial charge in [0.25, 0.3) is 5.91 Å². The second-order valence-electron chi connectivity index (χ2n) is 7.47. The summed E-state index contributed by atoms with van der Waals surface area (Å²) in [6.07, 6.45) is 0.254. The molecule has 170 valence electrons. The normalized spacial score (nSPS) is 14.9. The first kappa shape index (κ1) is 23.5. The smallest absolute Gasteiger partial charge is 0.254 e. The zero-order valence-electron chi connectivity index (χ0n) is 18.3. The minimum absolute atomic E-state index is 0.0553. The molecule has 1 aliphatic heterocycles. The molecule has 0 aliphatic carbocycles. The van der Waals surface area contributed by atoms with E-state index in [0.717, 1.165) is 31.5 Å². The van der Waals surface area contributed by atoms with Crippen LogP contribution in [0.15, 0.2) is 36.4 Å². The van der Waals surface area contributed by atoms with E-state index in [1.165, 1.54) is 19.2 Å². The van der Waals surface area contributed by atoms with Crippen molar-refractivity contribution in [2.75, 3.05) is 26.8 Å². The topological polar surface area (TPSA) is 92.6 Å². The number of nitrogens with zero attached hydrogens (tertiary/aromatic N) is 1. The Labute approximate surface area is 187 Å². The molecule has 1 aliphatic rings. The molecular weight excluding hydrogens is 413 g/mol. The molecule has 2 aromatic rings. The number of hydrogen-bond acceptors (Lipinski definition) is 6. The van der Waals surface area contributed by atoms with Crippen molar-refractivity contribution in [3.8, 4) is 17.6 Å². The van der Waals surface area contributed by atoms with Gasteiger partial charge in [-0.05, 0) is 56.6 Å². The maximum Gasteiger partial charge on any atom is 0.254 e. The third-order valence-corrected chi connectivity index (χ3v) is 5.24. The lowest BCUT2D eigenvalue weighted by atomic mass is 10.1. The molecule has 7 nitrogen and oxygen atoms in total. The average molecular weight is 442 g/mol.